The first-order valence-electron chi connectivity index (χ1n) is 8.41. The highest BCUT2D eigenvalue weighted by Crippen LogP contribution is 2.14. The zero-order chi connectivity index (χ0) is 16.8. The summed E-state index contributed by atoms with van der Waals surface area (Å²) in [6, 6.07) is 13.0. The second kappa shape index (κ2) is 8.11. The molecule has 1 aliphatic rings. The van der Waals surface area contributed by atoms with Crippen molar-refractivity contribution in [3.63, 3.8) is 0 Å². The fourth-order valence-corrected chi connectivity index (χ4v) is 3.65. The number of hydrogen-bond donors (Lipinski definition) is 1. The molecule has 2 heterocycles. The van der Waals surface area contributed by atoms with E-state index in [-0.39, 0.29) is 11.8 Å². The molecule has 3 rings (SSSR count). The van der Waals surface area contributed by atoms with Crippen LogP contribution in [-0.2, 0) is 11.2 Å². The monoisotopic (exact) mass is 342 g/mol. The van der Waals surface area contributed by atoms with E-state index in [4.69, 9.17) is 0 Å². The molecule has 5 heteroatoms. The Bertz CT molecular complexity index is 664. The molecule has 126 valence electrons. The highest BCUT2D eigenvalue weighted by molar-refractivity contribution is 7.12. The second-order valence-corrected chi connectivity index (χ2v) is 7.03. The van der Waals surface area contributed by atoms with Gasteiger partial charge < -0.3 is 10.2 Å². The minimum absolute atomic E-state index is 0.0310. The maximum atomic E-state index is 12.9. The molecule has 0 unspecified atom stereocenters. The molecule has 0 radical (unpaired) electrons. The van der Waals surface area contributed by atoms with Crippen LogP contribution < -0.4 is 5.32 Å². The first-order valence-corrected chi connectivity index (χ1v) is 9.29. The van der Waals surface area contributed by atoms with Crippen LogP contribution in [0, 0.1) is 0 Å². The van der Waals surface area contributed by atoms with Crippen LogP contribution in [0.1, 0.15) is 34.5 Å². The average Bonchev–Trinajstić information content (AvgIpc) is 3.17. The summed E-state index contributed by atoms with van der Waals surface area (Å²) in [5.41, 5.74) is 1.05. The zero-order valence-electron chi connectivity index (χ0n) is 13.6. The number of amides is 2. The number of thiophene rings is 1. The molecule has 2 aromatic rings. The lowest BCUT2D eigenvalue weighted by molar-refractivity contribution is -0.134. The molecule has 1 atom stereocenters. The van der Waals surface area contributed by atoms with Gasteiger partial charge >= 0.3 is 0 Å². The lowest BCUT2D eigenvalue weighted by Crippen LogP contribution is -2.50. The maximum Gasteiger partial charge on any atom is 0.262 e. The molecule has 0 spiro atoms. The number of nitrogens with zero attached hydrogens (tertiary/aromatic N) is 1. The van der Waals surface area contributed by atoms with Crippen molar-refractivity contribution >= 4 is 23.2 Å². The van der Waals surface area contributed by atoms with Gasteiger partial charge in [0.1, 0.15) is 6.04 Å². The smallest absolute Gasteiger partial charge is 0.262 e. The molecule has 1 aromatic carbocycles. The Hall–Kier alpha value is -2.14. The Morgan fingerprint density at radius 2 is 1.79 bits per heavy atom. The third kappa shape index (κ3) is 4.23. The van der Waals surface area contributed by atoms with E-state index < -0.39 is 6.04 Å². The fourth-order valence-electron chi connectivity index (χ4n) is 3.02. The molecular weight excluding hydrogens is 320 g/mol. The van der Waals surface area contributed by atoms with Crippen molar-refractivity contribution in [1.29, 1.82) is 0 Å². The van der Waals surface area contributed by atoms with Gasteiger partial charge in [0.25, 0.3) is 5.91 Å². The molecule has 1 N–H and O–H groups in total. The van der Waals surface area contributed by atoms with Crippen molar-refractivity contribution in [1.82, 2.24) is 10.2 Å². The van der Waals surface area contributed by atoms with Gasteiger partial charge in [-0.3, -0.25) is 9.59 Å². The van der Waals surface area contributed by atoms with Gasteiger partial charge in [-0.05, 0) is 36.3 Å². The van der Waals surface area contributed by atoms with Gasteiger partial charge in [-0.2, -0.15) is 0 Å². The van der Waals surface area contributed by atoms with Crippen LogP contribution in [0.4, 0.5) is 0 Å². The number of nitrogens with one attached hydrogen (secondary N) is 1. The highest BCUT2D eigenvalue weighted by Gasteiger charge is 2.27. The van der Waals surface area contributed by atoms with Crippen LogP contribution in [-0.4, -0.2) is 35.8 Å². The van der Waals surface area contributed by atoms with Gasteiger partial charge in [-0.15, -0.1) is 11.3 Å². The average molecular weight is 342 g/mol. The third-order valence-electron chi connectivity index (χ3n) is 4.30. The Balaban J connectivity index is 1.74. The molecular formula is C19H22N2O2S. The molecule has 0 aliphatic carbocycles. The van der Waals surface area contributed by atoms with Crippen molar-refractivity contribution in [3.8, 4) is 0 Å². The number of hydrogen-bond acceptors (Lipinski definition) is 3. The number of benzene rings is 1. The number of piperidine rings is 1. The molecule has 1 aromatic heterocycles. The largest absolute Gasteiger partial charge is 0.341 e. The summed E-state index contributed by atoms with van der Waals surface area (Å²) in [7, 11) is 0. The molecule has 24 heavy (non-hydrogen) atoms. The van der Waals surface area contributed by atoms with E-state index in [0.717, 1.165) is 31.5 Å². The molecule has 0 bridgehead atoms. The van der Waals surface area contributed by atoms with E-state index in [1.165, 1.54) is 17.8 Å². The van der Waals surface area contributed by atoms with E-state index >= 15 is 0 Å². The molecule has 1 aliphatic heterocycles. The van der Waals surface area contributed by atoms with Gasteiger partial charge in [-0.25, -0.2) is 0 Å². The predicted molar refractivity (Wildman–Crippen MR) is 96.2 cm³/mol. The normalized spacial score (nSPS) is 15.8. The molecule has 4 nitrogen and oxygen atoms in total. The van der Waals surface area contributed by atoms with Crippen molar-refractivity contribution < 1.29 is 9.59 Å². The third-order valence-corrected chi connectivity index (χ3v) is 5.17. The van der Waals surface area contributed by atoms with Gasteiger partial charge in [0.05, 0.1) is 4.88 Å². The summed E-state index contributed by atoms with van der Waals surface area (Å²) in [4.78, 5) is 27.9. The number of likely N-dealkylation sites (tertiary alicyclic amines) is 1. The Labute approximate surface area is 146 Å². The van der Waals surface area contributed by atoms with Crippen LogP contribution in [0.25, 0.3) is 0 Å². The molecule has 0 saturated carbocycles. The Morgan fingerprint density at radius 1 is 1.04 bits per heavy atom. The number of rotatable bonds is 5. The van der Waals surface area contributed by atoms with Crippen LogP contribution in [0.2, 0.25) is 0 Å². The molecule has 2 amide bonds. The van der Waals surface area contributed by atoms with Gasteiger partial charge in [0, 0.05) is 19.5 Å². The van der Waals surface area contributed by atoms with Gasteiger partial charge in [0.2, 0.25) is 5.91 Å². The predicted octanol–water partition coefficient (Wildman–Crippen LogP) is 3.10. The summed E-state index contributed by atoms with van der Waals surface area (Å²) in [5.74, 6) is -0.139. The van der Waals surface area contributed by atoms with Crippen molar-refractivity contribution in [2.24, 2.45) is 0 Å². The molecule has 1 saturated heterocycles. The van der Waals surface area contributed by atoms with Crippen molar-refractivity contribution in [2.75, 3.05) is 13.1 Å². The van der Waals surface area contributed by atoms with E-state index in [0.29, 0.717) is 11.3 Å². The summed E-state index contributed by atoms with van der Waals surface area (Å²) in [5, 5.41) is 4.81. The Morgan fingerprint density at radius 3 is 2.46 bits per heavy atom. The topological polar surface area (TPSA) is 49.4 Å². The van der Waals surface area contributed by atoms with Crippen LogP contribution in [0.3, 0.4) is 0 Å². The van der Waals surface area contributed by atoms with E-state index in [1.807, 2.05) is 46.7 Å². The number of carbonyl (C=O) groups is 2. The van der Waals surface area contributed by atoms with E-state index in [2.05, 4.69) is 5.32 Å². The van der Waals surface area contributed by atoms with Crippen LogP contribution in [0.15, 0.2) is 47.8 Å². The van der Waals surface area contributed by atoms with Gasteiger partial charge in [-0.1, -0.05) is 36.4 Å². The molecule has 1 fully saturated rings. The fraction of sp³-hybridized carbons (Fsp3) is 0.368. The Kier molecular flexibility index (Phi) is 5.64. The summed E-state index contributed by atoms with van der Waals surface area (Å²) >= 11 is 1.39. The standard InChI is InChI=1S/C19H22N2O2S/c22-18(17-10-7-13-24-17)20-16(14-15-8-3-1-4-9-15)19(23)21-11-5-2-6-12-21/h1,3-4,7-10,13,16H,2,5-6,11-12,14H2,(H,20,22)/t16-/m0/s1. The minimum atomic E-state index is -0.514. The quantitative estimate of drug-likeness (QED) is 0.908. The summed E-state index contributed by atoms with van der Waals surface area (Å²) < 4.78 is 0. The van der Waals surface area contributed by atoms with Crippen LogP contribution >= 0.6 is 11.3 Å². The van der Waals surface area contributed by atoms with Gasteiger partial charge in [0.15, 0.2) is 0 Å². The van der Waals surface area contributed by atoms with Crippen molar-refractivity contribution in [3.05, 3.63) is 58.3 Å². The number of carbonyl (C=O) groups excluding carboxylic acids is 2. The lowest BCUT2D eigenvalue weighted by Gasteiger charge is -2.30. The lowest BCUT2D eigenvalue weighted by atomic mass is 10.0. The maximum absolute atomic E-state index is 12.9. The highest BCUT2D eigenvalue weighted by atomic mass is 32.1. The second-order valence-electron chi connectivity index (χ2n) is 6.08. The SMILES string of the molecule is O=C(N[C@@H](Cc1ccccc1)C(=O)N1CCCCC1)c1cccs1. The summed E-state index contributed by atoms with van der Waals surface area (Å²) in [6.45, 7) is 1.58. The first kappa shape index (κ1) is 16.7. The van der Waals surface area contributed by atoms with Crippen LogP contribution in [0.5, 0.6) is 0 Å². The van der Waals surface area contributed by atoms with E-state index in [9.17, 15) is 9.59 Å². The van der Waals surface area contributed by atoms with E-state index in [1.54, 1.807) is 6.07 Å². The minimum Gasteiger partial charge on any atom is -0.341 e. The summed E-state index contributed by atoms with van der Waals surface area (Å²) in [6.07, 6.45) is 3.79. The first-order chi connectivity index (χ1) is 11.7. The van der Waals surface area contributed by atoms with Crippen molar-refractivity contribution in [2.45, 2.75) is 31.7 Å². The zero-order valence-corrected chi connectivity index (χ0v) is 14.4.